The van der Waals surface area contributed by atoms with Gasteiger partial charge in [-0.2, -0.15) is 5.10 Å². The van der Waals surface area contributed by atoms with E-state index in [1.54, 1.807) is 0 Å². The summed E-state index contributed by atoms with van der Waals surface area (Å²) in [6, 6.07) is 1.05. The number of nitrogens with one attached hydrogen (secondary N) is 1. The molecule has 1 fully saturated rings. The SMILES string of the molecule is CCc1nc(CC)n(C2CCCCC2NC)n1. The molecule has 1 aromatic heterocycles. The third-order valence-corrected chi connectivity index (χ3v) is 3.79. The standard InChI is InChI=1S/C13H24N4/c1-4-12-15-13(5-2)17(16-12)11-9-7-6-8-10(11)14-3/h10-11,14H,4-9H2,1-3H3. The highest BCUT2D eigenvalue weighted by atomic mass is 15.4. The number of hydrogen-bond donors (Lipinski definition) is 1. The molecular weight excluding hydrogens is 212 g/mol. The van der Waals surface area contributed by atoms with Crippen molar-refractivity contribution in [3.05, 3.63) is 11.6 Å². The third kappa shape index (κ3) is 2.51. The van der Waals surface area contributed by atoms with E-state index in [1.165, 1.54) is 25.7 Å². The van der Waals surface area contributed by atoms with Crippen LogP contribution in [0.5, 0.6) is 0 Å². The topological polar surface area (TPSA) is 42.7 Å². The second-order valence-corrected chi connectivity index (χ2v) is 4.84. The summed E-state index contributed by atoms with van der Waals surface area (Å²) in [5.41, 5.74) is 0. The van der Waals surface area contributed by atoms with Crippen molar-refractivity contribution < 1.29 is 0 Å². The summed E-state index contributed by atoms with van der Waals surface area (Å²) in [7, 11) is 2.06. The molecule has 4 heteroatoms. The van der Waals surface area contributed by atoms with Gasteiger partial charge in [0.15, 0.2) is 5.82 Å². The van der Waals surface area contributed by atoms with Gasteiger partial charge in [0.25, 0.3) is 0 Å². The first kappa shape index (κ1) is 12.6. The monoisotopic (exact) mass is 236 g/mol. The molecule has 0 aliphatic heterocycles. The Morgan fingerprint density at radius 3 is 2.65 bits per heavy atom. The summed E-state index contributed by atoms with van der Waals surface area (Å²) >= 11 is 0. The van der Waals surface area contributed by atoms with Gasteiger partial charge in [0.2, 0.25) is 0 Å². The van der Waals surface area contributed by atoms with E-state index >= 15 is 0 Å². The van der Waals surface area contributed by atoms with Crippen LogP contribution in [0.3, 0.4) is 0 Å². The lowest BCUT2D eigenvalue weighted by Crippen LogP contribution is -2.38. The summed E-state index contributed by atoms with van der Waals surface area (Å²) in [6.07, 6.45) is 7.03. The highest BCUT2D eigenvalue weighted by Crippen LogP contribution is 2.29. The molecule has 1 heterocycles. The fourth-order valence-corrected chi connectivity index (χ4v) is 2.80. The van der Waals surface area contributed by atoms with Crippen LogP contribution < -0.4 is 5.32 Å². The van der Waals surface area contributed by atoms with Crippen LogP contribution in [0.25, 0.3) is 0 Å². The summed E-state index contributed by atoms with van der Waals surface area (Å²) in [5.74, 6) is 2.14. The van der Waals surface area contributed by atoms with E-state index in [9.17, 15) is 0 Å². The third-order valence-electron chi connectivity index (χ3n) is 3.79. The highest BCUT2D eigenvalue weighted by Gasteiger charge is 2.27. The summed E-state index contributed by atoms with van der Waals surface area (Å²) in [4.78, 5) is 4.62. The minimum absolute atomic E-state index is 0.497. The van der Waals surface area contributed by atoms with Gasteiger partial charge in [-0.05, 0) is 19.9 Å². The van der Waals surface area contributed by atoms with Gasteiger partial charge < -0.3 is 5.32 Å². The molecule has 17 heavy (non-hydrogen) atoms. The Morgan fingerprint density at radius 1 is 1.24 bits per heavy atom. The molecule has 2 atom stereocenters. The zero-order valence-electron chi connectivity index (χ0n) is 11.2. The van der Waals surface area contributed by atoms with Crippen molar-refractivity contribution in [2.45, 2.75) is 64.5 Å². The fraction of sp³-hybridized carbons (Fsp3) is 0.846. The van der Waals surface area contributed by atoms with Gasteiger partial charge in [-0.3, -0.25) is 0 Å². The molecule has 0 amide bonds. The summed E-state index contributed by atoms with van der Waals surface area (Å²) in [6.45, 7) is 4.28. The van der Waals surface area contributed by atoms with Gasteiger partial charge >= 0.3 is 0 Å². The van der Waals surface area contributed by atoms with E-state index < -0.39 is 0 Å². The van der Waals surface area contributed by atoms with Crippen molar-refractivity contribution in [3.63, 3.8) is 0 Å². The van der Waals surface area contributed by atoms with Crippen LogP contribution in [0, 0.1) is 0 Å². The van der Waals surface area contributed by atoms with Crippen molar-refractivity contribution in [2.24, 2.45) is 0 Å². The molecule has 96 valence electrons. The van der Waals surface area contributed by atoms with Crippen molar-refractivity contribution in [3.8, 4) is 0 Å². The summed E-state index contributed by atoms with van der Waals surface area (Å²) < 4.78 is 2.19. The second-order valence-electron chi connectivity index (χ2n) is 4.84. The van der Waals surface area contributed by atoms with E-state index in [1.807, 2.05) is 0 Å². The van der Waals surface area contributed by atoms with Crippen LogP contribution >= 0.6 is 0 Å². The first-order valence-corrected chi connectivity index (χ1v) is 6.91. The van der Waals surface area contributed by atoms with Gasteiger partial charge in [0.05, 0.1) is 6.04 Å². The number of likely N-dealkylation sites (N-methyl/N-ethyl adjacent to an activating group) is 1. The maximum Gasteiger partial charge on any atom is 0.150 e. The average Bonchev–Trinajstić information content (AvgIpc) is 2.81. The molecule has 0 aromatic carbocycles. The van der Waals surface area contributed by atoms with Gasteiger partial charge in [-0.25, -0.2) is 9.67 Å². The summed E-state index contributed by atoms with van der Waals surface area (Å²) in [5, 5.41) is 8.13. The number of nitrogens with zero attached hydrogens (tertiary/aromatic N) is 3. The molecule has 0 bridgehead atoms. The minimum atomic E-state index is 0.497. The predicted molar refractivity (Wildman–Crippen MR) is 69.1 cm³/mol. The molecule has 2 unspecified atom stereocenters. The second kappa shape index (κ2) is 5.63. The van der Waals surface area contributed by atoms with Crippen LogP contribution in [-0.4, -0.2) is 27.9 Å². The van der Waals surface area contributed by atoms with Crippen LogP contribution in [0.2, 0.25) is 0 Å². The average molecular weight is 236 g/mol. The Balaban J connectivity index is 2.26. The van der Waals surface area contributed by atoms with Gasteiger partial charge in [0, 0.05) is 18.9 Å². The lowest BCUT2D eigenvalue weighted by atomic mass is 9.90. The number of hydrogen-bond acceptors (Lipinski definition) is 3. The minimum Gasteiger partial charge on any atom is -0.315 e. The van der Waals surface area contributed by atoms with Crippen molar-refractivity contribution >= 4 is 0 Å². The Kier molecular flexibility index (Phi) is 4.15. The van der Waals surface area contributed by atoms with E-state index in [0.717, 1.165) is 24.5 Å². The molecule has 0 radical (unpaired) electrons. The molecule has 2 rings (SSSR count). The van der Waals surface area contributed by atoms with Crippen LogP contribution in [0.15, 0.2) is 0 Å². The zero-order valence-corrected chi connectivity index (χ0v) is 11.2. The number of rotatable bonds is 4. The van der Waals surface area contributed by atoms with Crippen molar-refractivity contribution in [1.29, 1.82) is 0 Å². The molecule has 4 nitrogen and oxygen atoms in total. The Labute approximate surface area is 104 Å². The molecular formula is C13H24N4. The highest BCUT2D eigenvalue weighted by molar-refractivity contribution is 4.98. The molecule has 1 aliphatic rings. The molecule has 1 aliphatic carbocycles. The molecule has 0 spiro atoms. The zero-order chi connectivity index (χ0) is 12.3. The maximum absolute atomic E-state index is 4.69. The van der Waals surface area contributed by atoms with E-state index in [2.05, 4.69) is 41.0 Å². The number of aromatic nitrogens is 3. The Hall–Kier alpha value is -0.900. The van der Waals surface area contributed by atoms with Gasteiger partial charge in [0.1, 0.15) is 5.82 Å². The smallest absolute Gasteiger partial charge is 0.150 e. The number of aryl methyl sites for hydroxylation is 2. The Bertz CT molecular complexity index is 358. The lowest BCUT2D eigenvalue weighted by Gasteiger charge is -2.32. The Morgan fingerprint density at radius 2 is 2.00 bits per heavy atom. The lowest BCUT2D eigenvalue weighted by molar-refractivity contribution is 0.251. The van der Waals surface area contributed by atoms with Gasteiger partial charge in [-0.15, -0.1) is 0 Å². The maximum atomic E-state index is 4.69. The van der Waals surface area contributed by atoms with Crippen molar-refractivity contribution in [2.75, 3.05) is 7.05 Å². The first-order valence-electron chi connectivity index (χ1n) is 6.91. The van der Waals surface area contributed by atoms with E-state index in [-0.39, 0.29) is 0 Å². The predicted octanol–water partition coefficient (Wildman–Crippen LogP) is 2.11. The van der Waals surface area contributed by atoms with Crippen molar-refractivity contribution in [1.82, 2.24) is 20.1 Å². The molecule has 1 aromatic rings. The molecule has 0 saturated heterocycles. The largest absolute Gasteiger partial charge is 0.315 e. The fourth-order valence-electron chi connectivity index (χ4n) is 2.80. The first-order chi connectivity index (χ1) is 8.30. The van der Waals surface area contributed by atoms with E-state index in [4.69, 9.17) is 0 Å². The van der Waals surface area contributed by atoms with Crippen LogP contribution in [-0.2, 0) is 12.8 Å². The van der Waals surface area contributed by atoms with Gasteiger partial charge in [-0.1, -0.05) is 26.7 Å². The van der Waals surface area contributed by atoms with Crippen LogP contribution in [0.1, 0.15) is 57.2 Å². The molecule has 1 N–H and O–H groups in total. The van der Waals surface area contributed by atoms with E-state index in [0.29, 0.717) is 12.1 Å². The normalized spacial score (nSPS) is 25.1. The quantitative estimate of drug-likeness (QED) is 0.870. The van der Waals surface area contributed by atoms with Crippen LogP contribution in [0.4, 0.5) is 0 Å². The molecule has 1 saturated carbocycles.